The summed E-state index contributed by atoms with van der Waals surface area (Å²) in [5.41, 5.74) is 0.763. The molecule has 0 fully saturated rings. The molecule has 12 heavy (non-hydrogen) atoms. The van der Waals surface area contributed by atoms with Crippen LogP contribution in [0.3, 0.4) is 0 Å². The van der Waals surface area contributed by atoms with E-state index in [-0.39, 0.29) is 5.92 Å². The molecule has 0 spiro atoms. The maximum Gasteiger partial charge on any atom is 0.310 e. The van der Waals surface area contributed by atoms with Crippen molar-refractivity contribution in [1.82, 2.24) is 0 Å². The Hall–Kier alpha value is -0.790. The molecule has 0 radical (unpaired) electrons. The summed E-state index contributed by atoms with van der Waals surface area (Å²) in [5.74, 6) is -1.07. The third-order valence-electron chi connectivity index (χ3n) is 1.99. The van der Waals surface area contributed by atoms with E-state index in [0.29, 0.717) is 0 Å². The highest BCUT2D eigenvalue weighted by molar-refractivity contribution is 5.73. The van der Waals surface area contributed by atoms with Gasteiger partial charge in [0.25, 0.3) is 0 Å². The third-order valence-corrected chi connectivity index (χ3v) is 1.99. The van der Waals surface area contributed by atoms with Gasteiger partial charge in [0, 0.05) is 0 Å². The number of carboxylic acids is 1. The van der Waals surface area contributed by atoms with Gasteiger partial charge in [-0.05, 0) is 13.3 Å². The summed E-state index contributed by atoms with van der Waals surface area (Å²) in [7, 11) is 0. The van der Waals surface area contributed by atoms with Crippen LogP contribution in [0.15, 0.2) is 12.2 Å². The van der Waals surface area contributed by atoms with Crippen molar-refractivity contribution in [3.05, 3.63) is 12.2 Å². The minimum absolute atomic E-state index is 0.337. The standard InChI is InChI=1S/C10H18O2/c1-4-5-6-7-9(8(2)3)10(11)12/h9H,2,4-7H2,1,3H3,(H,11,12). The van der Waals surface area contributed by atoms with Crippen LogP contribution in [0, 0.1) is 5.92 Å². The summed E-state index contributed by atoms with van der Waals surface area (Å²) in [6.45, 7) is 7.56. The molecule has 1 N–H and O–H groups in total. The van der Waals surface area contributed by atoms with E-state index in [1.165, 1.54) is 0 Å². The van der Waals surface area contributed by atoms with Gasteiger partial charge < -0.3 is 5.11 Å². The molecule has 0 aliphatic heterocycles. The van der Waals surface area contributed by atoms with Gasteiger partial charge in [-0.2, -0.15) is 0 Å². The molecule has 0 aliphatic carbocycles. The van der Waals surface area contributed by atoms with E-state index in [4.69, 9.17) is 5.11 Å². The summed E-state index contributed by atoms with van der Waals surface area (Å²) in [4.78, 5) is 10.7. The Morgan fingerprint density at radius 3 is 2.42 bits per heavy atom. The first-order valence-corrected chi connectivity index (χ1v) is 4.47. The zero-order chi connectivity index (χ0) is 9.56. The molecule has 1 atom stereocenters. The lowest BCUT2D eigenvalue weighted by molar-refractivity contribution is -0.140. The van der Waals surface area contributed by atoms with Gasteiger partial charge in [0.1, 0.15) is 0 Å². The number of rotatable bonds is 6. The average molecular weight is 170 g/mol. The van der Waals surface area contributed by atoms with Crippen molar-refractivity contribution in [2.75, 3.05) is 0 Å². The molecule has 0 aromatic carbocycles. The van der Waals surface area contributed by atoms with E-state index in [1.807, 2.05) is 0 Å². The van der Waals surface area contributed by atoms with E-state index in [0.717, 1.165) is 31.3 Å². The first-order chi connectivity index (χ1) is 5.59. The van der Waals surface area contributed by atoms with Gasteiger partial charge in [0.2, 0.25) is 0 Å². The predicted molar refractivity (Wildman–Crippen MR) is 50.1 cm³/mol. The summed E-state index contributed by atoms with van der Waals surface area (Å²) in [6, 6.07) is 0. The van der Waals surface area contributed by atoms with Crippen LogP contribution in [0.25, 0.3) is 0 Å². The Morgan fingerprint density at radius 2 is 2.08 bits per heavy atom. The highest BCUT2D eigenvalue weighted by Gasteiger charge is 2.16. The second-order valence-corrected chi connectivity index (χ2v) is 3.23. The van der Waals surface area contributed by atoms with Gasteiger partial charge in [-0.1, -0.05) is 38.3 Å². The van der Waals surface area contributed by atoms with E-state index in [9.17, 15) is 4.79 Å². The molecule has 0 amide bonds. The van der Waals surface area contributed by atoms with Gasteiger partial charge in [0.15, 0.2) is 0 Å². The maximum atomic E-state index is 10.7. The molecule has 0 aromatic rings. The first kappa shape index (κ1) is 11.2. The zero-order valence-corrected chi connectivity index (χ0v) is 7.97. The molecule has 2 nitrogen and oxygen atoms in total. The SMILES string of the molecule is C=C(C)C(CCCCC)C(=O)O. The van der Waals surface area contributed by atoms with Gasteiger partial charge in [-0.3, -0.25) is 4.79 Å². The molecule has 70 valence electrons. The molecule has 0 aromatic heterocycles. The van der Waals surface area contributed by atoms with Crippen LogP contribution in [0.5, 0.6) is 0 Å². The fourth-order valence-electron chi connectivity index (χ4n) is 1.18. The molecule has 1 unspecified atom stereocenters. The van der Waals surface area contributed by atoms with E-state index >= 15 is 0 Å². The number of carboxylic acid groups (broad SMARTS) is 1. The summed E-state index contributed by atoms with van der Waals surface area (Å²) in [5, 5.41) is 8.78. The smallest absolute Gasteiger partial charge is 0.310 e. The molecular formula is C10H18O2. The van der Waals surface area contributed by atoms with Crippen LogP contribution in [-0.2, 0) is 4.79 Å². The normalized spacial score (nSPS) is 12.5. The van der Waals surface area contributed by atoms with Crippen molar-refractivity contribution < 1.29 is 9.90 Å². The van der Waals surface area contributed by atoms with Crippen molar-refractivity contribution in [3.8, 4) is 0 Å². The van der Waals surface area contributed by atoms with Crippen LogP contribution in [0.1, 0.15) is 39.5 Å². The molecule has 0 rings (SSSR count). The maximum absolute atomic E-state index is 10.7. The summed E-state index contributed by atoms with van der Waals surface area (Å²) < 4.78 is 0. The predicted octanol–water partition coefficient (Wildman–Crippen LogP) is 2.84. The van der Waals surface area contributed by atoms with E-state index in [2.05, 4.69) is 13.5 Å². The quantitative estimate of drug-likeness (QED) is 0.491. The summed E-state index contributed by atoms with van der Waals surface area (Å²) in [6.07, 6.45) is 3.96. The number of unbranched alkanes of at least 4 members (excludes halogenated alkanes) is 2. The van der Waals surface area contributed by atoms with Crippen LogP contribution in [0.4, 0.5) is 0 Å². The molecule has 0 heterocycles. The Morgan fingerprint density at radius 1 is 1.50 bits per heavy atom. The number of carbonyl (C=O) groups is 1. The van der Waals surface area contributed by atoms with Crippen molar-refractivity contribution in [2.24, 2.45) is 5.92 Å². The molecular weight excluding hydrogens is 152 g/mol. The third kappa shape index (κ3) is 4.16. The summed E-state index contributed by atoms with van der Waals surface area (Å²) >= 11 is 0. The Bertz CT molecular complexity index is 147. The fourth-order valence-corrected chi connectivity index (χ4v) is 1.18. The average Bonchev–Trinajstić information content (AvgIpc) is 1.96. The van der Waals surface area contributed by atoms with Crippen molar-refractivity contribution in [2.45, 2.75) is 39.5 Å². The molecule has 0 saturated heterocycles. The van der Waals surface area contributed by atoms with Crippen LogP contribution in [0.2, 0.25) is 0 Å². The van der Waals surface area contributed by atoms with Gasteiger partial charge in [-0.15, -0.1) is 0 Å². The molecule has 0 saturated carbocycles. The van der Waals surface area contributed by atoms with E-state index < -0.39 is 5.97 Å². The molecule has 0 aliphatic rings. The number of hydrogen-bond acceptors (Lipinski definition) is 1. The zero-order valence-electron chi connectivity index (χ0n) is 7.97. The minimum atomic E-state index is -0.737. The lowest BCUT2D eigenvalue weighted by Gasteiger charge is -2.10. The lowest BCUT2D eigenvalue weighted by atomic mass is 9.95. The Kier molecular flexibility index (Phi) is 5.43. The molecule has 2 heteroatoms. The largest absolute Gasteiger partial charge is 0.481 e. The lowest BCUT2D eigenvalue weighted by Crippen LogP contribution is -2.14. The van der Waals surface area contributed by atoms with Crippen molar-refractivity contribution in [3.63, 3.8) is 0 Å². The van der Waals surface area contributed by atoms with Gasteiger partial charge >= 0.3 is 5.97 Å². The topological polar surface area (TPSA) is 37.3 Å². The minimum Gasteiger partial charge on any atom is -0.481 e. The highest BCUT2D eigenvalue weighted by atomic mass is 16.4. The monoisotopic (exact) mass is 170 g/mol. The Labute approximate surface area is 74.3 Å². The van der Waals surface area contributed by atoms with Crippen molar-refractivity contribution >= 4 is 5.97 Å². The number of aliphatic carboxylic acids is 1. The highest BCUT2D eigenvalue weighted by Crippen LogP contribution is 2.16. The molecule has 0 bridgehead atoms. The second-order valence-electron chi connectivity index (χ2n) is 3.23. The van der Waals surface area contributed by atoms with Gasteiger partial charge in [-0.25, -0.2) is 0 Å². The van der Waals surface area contributed by atoms with Gasteiger partial charge in [0.05, 0.1) is 5.92 Å². The fraction of sp³-hybridized carbons (Fsp3) is 0.700. The second kappa shape index (κ2) is 5.81. The van der Waals surface area contributed by atoms with Crippen LogP contribution in [-0.4, -0.2) is 11.1 Å². The van der Waals surface area contributed by atoms with Crippen LogP contribution >= 0.6 is 0 Å². The first-order valence-electron chi connectivity index (χ1n) is 4.47. The van der Waals surface area contributed by atoms with Crippen LogP contribution < -0.4 is 0 Å². The Balaban J connectivity index is 3.80. The van der Waals surface area contributed by atoms with Crippen molar-refractivity contribution in [1.29, 1.82) is 0 Å². The number of hydrogen-bond donors (Lipinski definition) is 1. The van der Waals surface area contributed by atoms with E-state index in [1.54, 1.807) is 6.92 Å².